The van der Waals surface area contributed by atoms with Gasteiger partial charge >= 0.3 is 5.97 Å². The maximum Gasteiger partial charge on any atom is 0.320 e. The molecular weight excluding hydrogens is 262 g/mol. The molecule has 2 amide bonds. The maximum absolute atomic E-state index is 12.0. The fourth-order valence-corrected chi connectivity index (χ4v) is 2.21. The lowest BCUT2D eigenvalue weighted by atomic mass is 10.2. The van der Waals surface area contributed by atoms with Gasteiger partial charge in [-0.2, -0.15) is 0 Å². The van der Waals surface area contributed by atoms with Gasteiger partial charge in [0.25, 0.3) is 0 Å². The van der Waals surface area contributed by atoms with Crippen LogP contribution >= 0.6 is 0 Å². The summed E-state index contributed by atoms with van der Waals surface area (Å²) in [6, 6.07) is -0.582. The molecule has 0 aromatic carbocycles. The first-order chi connectivity index (χ1) is 9.45. The Labute approximate surface area is 118 Å². The molecule has 0 aliphatic carbocycles. The summed E-state index contributed by atoms with van der Waals surface area (Å²) >= 11 is 0. The Balaban J connectivity index is 2.41. The minimum atomic E-state index is -0.890. The number of rotatable bonds is 7. The highest BCUT2D eigenvalue weighted by Gasteiger charge is 2.32. The molecule has 1 aliphatic heterocycles. The van der Waals surface area contributed by atoms with Crippen LogP contribution in [0.4, 0.5) is 0 Å². The largest absolute Gasteiger partial charge is 0.480 e. The summed E-state index contributed by atoms with van der Waals surface area (Å²) in [5, 5.41) is 11.7. The predicted molar refractivity (Wildman–Crippen MR) is 73.2 cm³/mol. The molecule has 0 aromatic heterocycles. The third kappa shape index (κ3) is 4.80. The zero-order valence-corrected chi connectivity index (χ0v) is 12.1. The Morgan fingerprint density at radius 3 is 2.70 bits per heavy atom. The van der Waals surface area contributed by atoms with E-state index in [0.717, 1.165) is 12.8 Å². The van der Waals surface area contributed by atoms with E-state index in [9.17, 15) is 14.4 Å². The normalized spacial score (nSPS) is 18.8. The lowest BCUT2D eigenvalue weighted by Crippen LogP contribution is -2.46. The number of carbonyl (C=O) groups is 3. The Morgan fingerprint density at radius 1 is 1.40 bits per heavy atom. The molecule has 0 spiro atoms. The van der Waals surface area contributed by atoms with E-state index in [1.807, 2.05) is 6.92 Å². The summed E-state index contributed by atoms with van der Waals surface area (Å²) in [5.41, 5.74) is 0. The second-order valence-electron chi connectivity index (χ2n) is 5.07. The summed E-state index contributed by atoms with van der Waals surface area (Å²) in [4.78, 5) is 37.5. The van der Waals surface area contributed by atoms with Crippen molar-refractivity contribution >= 4 is 17.8 Å². The molecule has 1 unspecified atom stereocenters. The Kier molecular flexibility index (Phi) is 6.44. The zero-order chi connectivity index (χ0) is 15.1. The molecule has 7 nitrogen and oxygen atoms in total. The molecule has 0 aromatic rings. The van der Waals surface area contributed by atoms with Gasteiger partial charge in [-0.25, -0.2) is 0 Å². The number of likely N-dealkylation sites (tertiary alicyclic amines) is 1. The fourth-order valence-electron chi connectivity index (χ4n) is 2.21. The summed E-state index contributed by atoms with van der Waals surface area (Å²) in [6.07, 6.45) is 2.20. The summed E-state index contributed by atoms with van der Waals surface area (Å²) in [6.45, 7) is 3.21. The standard InChI is InChI=1S/C13H23N3O4/c1-3-6-14-11(17)8-15(2)12(18)9-16-7-4-5-10(16)13(19)20/h10H,3-9H2,1-2H3,(H,14,17)(H,19,20). The monoisotopic (exact) mass is 285 g/mol. The van der Waals surface area contributed by atoms with Crippen LogP contribution in [0.3, 0.4) is 0 Å². The van der Waals surface area contributed by atoms with Crippen molar-refractivity contribution in [2.24, 2.45) is 0 Å². The van der Waals surface area contributed by atoms with Crippen molar-refractivity contribution in [3.05, 3.63) is 0 Å². The van der Waals surface area contributed by atoms with Gasteiger partial charge in [-0.3, -0.25) is 19.3 Å². The number of hydrogen-bond acceptors (Lipinski definition) is 4. The molecule has 1 aliphatic rings. The first-order valence-corrected chi connectivity index (χ1v) is 6.93. The molecule has 2 N–H and O–H groups in total. The summed E-state index contributed by atoms with van der Waals surface area (Å²) in [7, 11) is 1.56. The van der Waals surface area contributed by atoms with Crippen LogP contribution in [-0.2, 0) is 14.4 Å². The van der Waals surface area contributed by atoms with E-state index in [2.05, 4.69) is 5.32 Å². The van der Waals surface area contributed by atoms with Crippen molar-refractivity contribution in [2.45, 2.75) is 32.2 Å². The van der Waals surface area contributed by atoms with Crippen LogP contribution in [0.5, 0.6) is 0 Å². The lowest BCUT2D eigenvalue weighted by molar-refractivity contribution is -0.144. The molecule has 20 heavy (non-hydrogen) atoms. The van der Waals surface area contributed by atoms with Gasteiger partial charge in [0, 0.05) is 13.6 Å². The zero-order valence-electron chi connectivity index (χ0n) is 12.1. The second-order valence-corrected chi connectivity index (χ2v) is 5.07. The van der Waals surface area contributed by atoms with Crippen LogP contribution in [0.1, 0.15) is 26.2 Å². The molecule has 114 valence electrons. The number of carbonyl (C=O) groups excluding carboxylic acids is 2. The van der Waals surface area contributed by atoms with Crippen LogP contribution in [0, 0.1) is 0 Å². The van der Waals surface area contributed by atoms with Crippen LogP contribution in [0.15, 0.2) is 0 Å². The topological polar surface area (TPSA) is 90.0 Å². The van der Waals surface area contributed by atoms with Crippen molar-refractivity contribution in [1.82, 2.24) is 15.1 Å². The number of carboxylic acid groups (broad SMARTS) is 1. The van der Waals surface area contributed by atoms with Crippen molar-refractivity contribution < 1.29 is 19.5 Å². The fraction of sp³-hybridized carbons (Fsp3) is 0.769. The number of aliphatic carboxylic acids is 1. The number of carboxylic acids is 1. The number of likely N-dealkylation sites (N-methyl/N-ethyl adjacent to an activating group) is 1. The molecule has 0 saturated carbocycles. The molecule has 1 rings (SSSR count). The number of nitrogens with zero attached hydrogens (tertiary/aromatic N) is 2. The Bertz CT molecular complexity index is 373. The Hall–Kier alpha value is -1.63. The molecule has 7 heteroatoms. The van der Waals surface area contributed by atoms with E-state index >= 15 is 0 Å². The highest BCUT2D eigenvalue weighted by atomic mass is 16.4. The van der Waals surface area contributed by atoms with Crippen LogP contribution in [-0.4, -0.2) is 72.0 Å². The van der Waals surface area contributed by atoms with Crippen molar-refractivity contribution in [2.75, 3.05) is 33.2 Å². The van der Waals surface area contributed by atoms with E-state index in [1.54, 1.807) is 11.9 Å². The quantitative estimate of drug-likeness (QED) is 0.659. The van der Waals surface area contributed by atoms with Gasteiger partial charge in [-0.15, -0.1) is 0 Å². The minimum absolute atomic E-state index is 0.00438. The minimum Gasteiger partial charge on any atom is -0.480 e. The second kappa shape index (κ2) is 7.84. The SMILES string of the molecule is CCCNC(=O)CN(C)C(=O)CN1CCCC1C(=O)O. The molecule has 1 fully saturated rings. The van der Waals surface area contributed by atoms with Gasteiger partial charge in [-0.05, 0) is 25.8 Å². The maximum atomic E-state index is 12.0. The third-order valence-corrected chi connectivity index (χ3v) is 3.37. The van der Waals surface area contributed by atoms with Gasteiger partial charge in [0.05, 0.1) is 13.1 Å². The smallest absolute Gasteiger partial charge is 0.320 e. The lowest BCUT2D eigenvalue weighted by Gasteiger charge is -2.24. The van der Waals surface area contributed by atoms with Gasteiger partial charge in [0.1, 0.15) is 6.04 Å². The van der Waals surface area contributed by atoms with Gasteiger partial charge < -0.3 is 15.3 Å². The number of nitrogens with one attached hydrogen (secondary N) is 1. The highest BCUT2D eigenvalue weighted by Crippen LogP contribution is 2.16. The van der Waals surface area contributed by atoms with Gasteiger partial charge in [-0.1, -0.05) is 6.92 Å². The molecule has 1 atom stereocenters. The summed E-state index contributed by atoms with van der Waals surface area (Å²) in [5.74, 6) is -1.32. The van der Waals surface area contributed by atoms with E-state index in [4.69, 9.17) is 5.11 Å². The van der Waals surface area contributed by atoms with E-state index in [1.165, 1.54) is 4.90 Å². The van der Waals surface area contributed by atoms with Crippen LogP contribution < -0.4 is 5.32 Å². The molecule has 1 saturated heterocycles. The average Bonchev–Trinajstić information content (AvgIpc) is 2.84. The number of amides is 2. The highest BCUT2D eigenvalue weighted by molar-refractivity contribution is 5.86. The van der Waals surface area contributed by atoms with E-state index in [0.29, 0.717) is 19.5 Å². The predicted octanol–water partition coefficient (Wildman–Crippen LogP) is -0.480. The molecule has 1 heterocycles. The van der Waals surface area contributed by atoms with E-state index < -0.39 is 12.0 Å². The third-order valence-electron chi connectivity index (χ3n) is 3.37. The summed E-state index contributed by atoms with van der Waals surface area (Å²) < 4.78 is 0. The Morgan fingerprint density at radius 2 is 2.10 bits per heavy atom. The first kappa shape index (κ1) is 16.4. The average molecular weight is 285 g/mol. The van der Waals surface area contributed by atoms with E-state index in [-0.39, 0.29) is 24.9 Å². The van der Waals surface area contributed by atoms with Gasteiger partial charge in [0.15, 0.2) is 0 Å². The molecule has 0 radical (unpaired) electrons. The molecule has 0 bridgehead atoms. The van der Waals surface area contributed by atoms with Gasteiger partial charge in [0.2, 0.25) is 11.8 Å². The molecular formula is C13H23N3O4. The van der Waals surface area contributed by atoms with Crippen molar-refractivity contribution in [1.29, 1.82) is 0 Å². The number of hydrogen-bond donors (Lipinski definition) is 2. The van der Waals surface area contributed by atoms with Crippen molar-refractivity contribution in [3.8, 4) is 0 Å². The van der Waals surface area contributed by atoms with Crippen LogP contribution in [0.2, 0.25) is 0 Å². The van der Waals surface area contributed by atoms with Crippen molar-refractivity contribution in [3.63, 3.8) is 0 Å². The first-order valence-electron chi connectivity index (χ1n) is 6.93. The van der Waals surface area contributed by atoms with Crippen LogP contribution in [0.25, 0.3) is 0 Å².